The Morgan fingerprint density at radius 2 is 2.25 bits per heavy atom. The molecule has 16 heavy (non-hydrogen) atoms. The molecule has 2 heterocycles. The van der Waals surface area contributed by atoms with Gasteiger partial charge in [0.2, 0.25) is 0 Å². The predicted octanol–water partition coefficient (Wildman–Crippen LogP) is 2.98. The number of benzene rings is 1. The van der Waals surface area contributed by atoms with Gasteiger partial charge in [0, 0.05) is 15.5 Å². The highest BCUT2D eigenvalue weighted by molar-refractivity contribution is 9.10. The van der Waals surface area contributed by atoms with Gasteiger partial charge in [0.05, 0.1) is 10.9 Å². The van der Waals surface area contributed by atoms with E-state index in [0.717, 1.165) is 19.8 Å². The van der Waals surface area contributed by atoms with Gasteiger partial charge in [0.25, 0.3) is 5.56 Å². The number of thiazole rings is 1. The molecular formula is C11H7BrN2OS. The van der Waals surface area contributed by atoms with Crippen LogP contribution in [-0.2, 0) is 0 Å². The average molecular weight is 295 g/mol. The lowest BCUT2D eigenvalue weighted by Crippen LogP contribution is -2.12. The molecule has 0 aliphatic rings. The molecule has 0 N–H and O–H groups in total. The summed E-state index contributed by atoms with van der Waals surface area (Å²) >= 11 is 4.90. The Morgan fingerprint density at radius 1 is 1.44 bits per heavy atom. The zero-order valence-corrected chi connectivity index (χ0v) is 10.8. The van der Waals surface area contributed by atoms with Gasteiger partial charge in [-0.15, -0.1) is 11.3 Å². The van der Waals surface area contributed by atoms with Crippen LogP contribution in [0.2, 0.25) is 0 Å². The minimum absolute atomic E-state index is 0.00292. The standard InChI is InChI=1S/C11H7BrN2OS/c1-6-5-14-10(15)8-3-2-7(12)4-9(8)13-11(14)16-6/h2-5H,1H3. The fraction of sp³-hybridized carbons (Fsp3) is 0.0909. The molecule has 5 heteroatoms. The van der Waals surface area contributed by atoms with E-state index in [0.29, 0.717) is 5.39 Å². The van der Waals surface area contributed by atoms with E-state index in [2.05, 4.69) is 20.9 Å². The zero-order valence-electron chi connectivity index (χ0n) is 8.40. The number of halogens is 1. The normalized spacial score (nSPS) is 11.4. The highest BCUT2D eigenvalue weighted by Gasteiger charge is 2.07. The minimum Gasteiger partial charge on any atom is -0.268 e. The lowest BCUT2D eigenvalue weighted by molar-refractivity contribution is 1.10. The molecule has 0 radical (unpaired) electrons. The van der Waals surface area contributed by atoms with Crippen molar-refractivity contribution < 1.29 is 0 Å². The fourth-order valence-corrected chi connectivity index (χ4v) is 2.86. The maximum absolute atomic E-state index is 12.1. The van der Waals surface area contributed by atoms with E-state index in [1.54, 1.807) is 10.5 Å². The molecule has 3 rings (SSSR count). The smallest absolute Gasteiger partial charge is 0.266 e. The van der Waals surface area contributed by atoms with E-state index in [1.165, 1.54) is 11.3 Å². The second kappa shape index (κ2) is 3.40. The van der Waals surface area contributed by atoms with Crippen LogP contribution in [0.4, 0.5) is 0 Å². The predicted molar refractivity (Wildman–Crippen MR) is 69.3 cm³/mol. The van der Waals surface area contributed by atoms with Crippen molar-refractivity contribution >= 4 is 43.1 Å². The number of nitrogens with zero attached hydrogens (tertiary/aromatic N) is 2. The van der Waals surface area contributed by atoms with Gasteiger partial charge in [-0.05, 0) is 25.1 Å². The first-order chi connectivity index (χ1) is 7.65. The number of fused-ring (bicyclic) bond motifs is 2. The van der Waals surface area contributed by atoms with Crippen molar-refractivity contribution in [1.29, 1.82) is 0 Å². The van der Waals surface area contributed by atoms with Crippen molar-refractivity contribution in [3.8, 4) is 0 Å². The van der Waals surface area contributed by atoms with Crippen LogP contribution >= 0.6 is 27.3 Å². The molecule has 0 saturated heterocycles. The van der Waals surface area contributed by atoms with E-state index >= 15 is 0 Å². The third-order valence-corrected chi connectivity index (χ3v) is 3.79. The molecule has 0 spiro atoms. The molecule has 0 saturated carbocycles. The number of hydrogen-bond donors (Lipinski definition) is 0. The van der Waals surface area contributed by atoms with Gasteiger partial charge >= 0.3 is 0 Å². The van der Waals surface area contributed by atoms with Gasteiger partial charge in [-0.3, -0.25) is 9.20 Å². The fourth-order valence-electron chi connectivity index (χ4n) is 1.69. The van der Waals surface area contributed by atoms with Crippen molar-refractivity contribution in [2.24, 2.45) is 0 Å². The molecule has 0 bridgehead atoms. The summed E-state index contributed by atoms with van der Waals surface area (Å²) in [5.41, 5.74) is 0.734. The maximum Gasteiger partial charge on any atom is 0.266 e. The van der Waals surface area contributed by atoms with Gasteiger partial charge in [-0.25, -0.2) is 4.98 Å². The summed E-state index contributed by atoms with van der Waals surface area (Å²) < 4.78 is 2.54. The van der Waals surface area contributed by atoms with Crippen LogP contribution < -0.4 is 5.56 Å². The topological polar surface area (TPSA) is 34.4 Å². The molecule has 80 valence electrons. The summed E-state index contributed by atoms with van der Waals surface area (Å²) in [6, 6.07) is 5.52. The molecule has 0 aliphatic carbocycles. The molecule has 0 fully saturated rings. The van der Waals surface area contributed by atoms with Crippen LogP contribution in [0.25, 0.3) is 15.9 Å². The first kappa shape index (κ1) is 9.99. The summed E-state index contributed by atoms with van der Waals surface area (Å²) in [4.78, 5) is 18.4. The third kappa shape index (κ3) is 1.39. The van der Waals surface area contributed by atoms with Crippen molar-refractivity contribution in [2.75, 3.05) is 0 Å². The molecule has 0 unspecified atom stereocenters. The lowest BCUT2D eigenvalue weighted by Gasteiger charge is -1.98. The molecule has 0 aliphatic heterocycles. The van der Waals surface area contributed by atoms with Crippen molar-refractivity contribution in [3.05, 3.63) is 44.1 Å². The van der Waals surface area contributed by atoms with Crippen LogP contribution in [0.15, 0.2) is 33.7 Å². The number of rotatable bonds is 0. The summed E-state index contributed by atoms with van der Waals surface area (Å²) in [6.07, 6.45) is 1.83. The Balaban J connectivity index is 2.60. The average Bonchev–Trinajstić information content (AvgIpc) is 2.59. The van der Waals surface area contributed by atoms with Gasteiger partial charge in [0.1, 0.15) is 0 Å². The maximum atomic E-state index is 12.1. The van der Waals surface area contributed by atoms with E-state index < -0.39 is 0 Å². The SMILES string of the molecule is Cc1cn2c(=O)c3ccc(Br)cc3nc2s1. The molecule has 0 atom stereocenters. The van der Waals surface area contributed by atoms with Crippen LogP contribution in [0.3, 0.4) is 0 Å². The molecule has 3 nitrogen and oxygen atoms in total. The highest BCUT2D eigenvalue weighted by Crippen LogP contribution is 2.19. The quantitative estimate of drug-likeness (QED) is 0.639. The Hall–Kier alpha value is -1.20. The Labute approximate surface area is 103 Å². The van der Waals surface area contributed by atoms with Crippen LogP contribution in [0, 0.1) is 6.92 Å². The van der Waals surface area contributed by atoms with E-state index in [9.17, 15) is 4.79 Å². The van der Waals surface area contributed by atoms with Gasteiger partial charge in [0.15, 0.2) is 4.96 Å². The van der Waals surface area contributed by atoms with Crippen molar-refractivity contribution in [2.45, 2.75) is 6.92 Å². The monoisotopic (exact) mass is 294 g/mol. The van der Waals surface area contributed by atoms with E-state index in [1.807, 2.05) is 25.3 Å². The number of aromatic nitrogens is 2. The van der Waals surface area contributed by atoms with E-state index in [4.69, 9.17) is 0 Å². The first-order valence-electron chi connectivity index (χ1n) is 4.73. The van der Waals surface area contributed by atoms with Crippen molar-refractivity contribution in [3.63, 3.8) is 0 Å². The number of hydrogen-bond acceptors (Lipinski definition) is 3. The Morgan fingerprint density at radius 3 is 3.06 bits per heavy atom. The largest absolute Gasteiger partial charge is 0.268 e. The summed E-state index contributed by atoms with van der Waals surface area (Å²) in [7, 11) is 0. The molecule has 2 aromatic heterocycles. The minimum atomic E-state index is -0.00292. The lowest BCUT2D eigenvalue weighted by atomic mass is 10.2. The van der Waals surface area contributed by atoms with Crippen LogP contribution in [0.1, 0.15) is 4.88 Å². The van der Waals surface area contributed by atoms with Gasteiger partial charge in [-0.2, -0.15) is 0 Å². The van der Waals surface area contributed by atoms with Crippen LogP contribution in [0.5, 0.6) is 0 Å². The second-order valence-corrected chi connectivity index (χ2v) is 5.70. The molecule has 3 aromatic rings. The molecule has 0 amide bonds. The van der Waals surface area contributed by atoms with Gasteiger partial charge < -0.3 is 0 Å². The summed E-state index contributed by atoms with van der Waals surface area (Å²) in [6.45, 7) is 1.97. The zero-order chi connectivity index (χ0) is 11.3. The molecule has 1 aromatic carbocycles. The van der Waals surface area contributed by atoms with Crippen molar-refractivity contribution in [1.82, 2.24) is 9.38 Å². The highest BCUT2D eigenvalue weighted by atomic mass is 79.9. The first-order valence-corrected chi connectivity index (χ1v) is 6.34. The second-order valence-electron chi connectivity index (χ2n) is 3.57. The summed E-state index contributed by atoms with van der Waals surface area (Å²) in [5, 5.41) is 0.651. The Bertz CT molecular complexity index is 760. The van der Waals surface area contributed by atoms with Crippen LogP contribution in [-0.4, -0.2) is 9.38 Å². The Kier molecular flexibility index (Phi) is 2.12. The van der Waals surface area contributed by atoms with E-state index in [-0.39, 0.29) is 5.56 Å². The molecular weight excluding hydrogens is 288 g/mol. The van der Waals surface area contributed by atoms with Gasteiger partial charge in [-0.1, -0.05) is 15.9 Å². The number of aryl methyl sites for hydroxylation is 1. The summed E-state index contributed by atoms with van der Waals surface area (Å²) in [5.74, 6) is 0. The third-order valence-electron chi connectivity index (χ3n) is 2.39.